The highest BCUT2D eigenvalue weighted by Gasteiger charge is 2.35. The van der Waals surface area contributed by atoms with Gasteiger partial charge in [0.25, 0.3) is 0 Å². The largest absolute Gasteiger partial charge is 0.496 e. The molecule has 0 bridgehead atoms. The second kappa shape index (κ2) is 11.0. The van der Waals surface area contributed by atoms with Crippen LogP contribution >= 0.6 is 0 Å². The first-order valence-corrected chi connectivity index (χ1v) is 12.0. The van der Waals surface area contributed by atoms with Gasteiger partial charge in [-0.1, -0.05) is 25.1 Å². The van der Waals surface area contributed by atoms with Gasteiger partial charge in [-0.3, -0.25) is 4.79 Å². The van der Waals surface area contributed by atoms with Crippen LogP contribution in [0.3, 0.4) is 0 Å². The van der Waals surface area contributed by atoms with Crippen LogP contribution in [0.2, 0.25) is 0 Å². The highest BCUT2D eigenvalue weighted by atomic mass is 19.4. The summed E-state index contributed by atoms with van der Waals surface area (Å²) < 4.78 is 46.3. The molecule has 2 aromatic carbocycles. The van der Waals surface area contributed by atoms with Crippen molar-refractivity contribution in [3.8, 4) is 5.75 Å². The lowest BCUT2D eigenvalue weighted by atomic mass is 9.98. The van der Waals surface area contributed by atoms with Crippen LogP contribution < -0.4 is 10.1 Å². The molecule has 1 atom stereocenters. The van der Waals surface area contributed by atoms with E-state index in [2.05, 4.69) is 9.88 Å². The van der Waals surface area contributed by atoms with Crippen LogP contribution in [0.4, 0.5) is 23.7 Å². The Morgan fingerprint density at radius 3 is 2.46 bits per heavy atom. The SMILES string of the molecule is CCCN(CC(=O)N1CCn2cccc2[C@@H]1c1ccccc1OC)C(=O)Nc1ccc(C(F)(F)F)cc1. The molecule has 0 saturated heterocycles. The summed E-state index contributed by atoms with van der Waals surface area (Å²) in [6, 6.07) is 14.7. The first kappa shape index (κ1) is 26.1. The van der Waals surface area contributed by atoms with E-state index in [1.807, 2.05) is 49.5 Å². The smallest absolute Gasteiger partial charge is 0.416 e. The van der Waals surface area contributed by atoms with Gasteiger partial charge in [0, 0.05) is 42.8 Å². The van der Waals surface area contributed by atoms with Gasteiger partial charge in [0.2, 0.25) is 5.91 Å². The molecule has 1 aliphatic rings. The molecule has 3 amide bonds. The van der Waals surface area contributed by atoms with E-state index in [4.69, 9.17) is 4.74 Å². The van der Waals surface area contributed by atoms with Gasteiger partial charge in [-0.2, -0.15) is 13.2 Å². The van der Waals surface area contributed by atoms with Crippen LogP contribution in [0.1, 0.15) is 36.2 Å². The van der Waals surface area contributed by atoms with Crippen LogP contribution in [0.5, 0.6) is 5.75 Å². The minimum Gasteiger partial charge on any atom is -0.496 e. The predicted octanol–water partition coefficient (Wildman–Crippen LogP) is 5.39. The van der Waals surface area contributed by atoms with Crippen LogP contribution in [-0.2, 0) is 17.5 Å². The summed E-state index contributed by atoms with van der Waals surface area (Å²) in [5.74, 6) is 0.421. The number of benzene rings is 2. The number of fused-ring (bicyclic) bond motifs is 1. The molecule has 1 aromatic heterocycles. The molecule has 3 aromatic rings. The van der Waals surface area contributed by atoms with E-state index in [9.17, 15) is 22.8 Å². The third kappa shape index (κ3) is 5.73. The molecule has 196 valence electrons. The number of para-hydroxylation sites is 1. The Morgan fingerprint density at radius 2 is 1.78 bits per heavy atom. The monoisotopic (exact) mass is 514 g/mol. The van der Waals surface area contributed by atoms with Gasteiger partial charge in [0.1, 0.15) is 18.3 Å². The summed E-state index contributed by atoms with van der Waals surface area (Å²) in [4.78, 5) is 29.8. The molecule has 37 heavy (non-hydrogen) atoms. The van der Waals surface area contributed by atoms with E-state index < -0.39 is 23.8 Å². The van der Waals surface area contributed by atoms with Crippen LogP contribution in [-0.4, -0.2) is 53.0 Å². The number of nitrogens with one attached hydrogen (secondary N) is 1. The van der Waals surface area contributed by atoms with Gasteiger partial charge in [0.05, 0.1) is 12.7 Å². The molecule has 4 rings (SSSR count). The third-order valence-electron chi connectivity index (χ3n) is 6.36. The number of hydrogen-bond donors (Lipinski definition) is 1. The molecule has 0 aliphatic carbocycles. The number of anilines is 1. The lowest BCUT2D eigenvalue weighted by Crippen LogP contribution is -2.49. The fourth-order valence-electron chi connectivity index (χ4n) is 4.59. The van der Waals surface area contributed by atoms with Crippen molar-refractivity contribution in [1.82, 2.24) is 14.4 Å². The van der Waals surface area contributed by atoms with Gasteiger partial charge in [-0.25, -0.2) is 4.79 Å². The minimum atomic E-state index is -4.46. The molecule has 7 nitrogen and oxygen atoms in total. The lowest BCUT2D eigenvalue weighted by molar-refractivity contribution is -0.137. The molecule has 0 unspecified atom stereocenters. The number of aromatic nitrogens is 1. The second-order valence-corrected chi connectivity index (χ2v) is 8.78. The number of hydrogen-bond acceptors (Lipinski definition) is 3. The van der Waals surface area contributed by atoms with Crippen molar-refractivity contribution in [1.29, 1.82) is 0 Å². The Bertz CT molecular complexity index is 1240. The van der Waals surface area contributed by atoms with E-state index in [-0.39, 0.29) is 18.1 Å². The van der Waals surface area contributed by atoms with Crippen molar-refractivity contribution >= 4 is 17.6 Å². The van der Waals surface area contributed by atoms with E-state index in [0.717, 1.165) is 23.4 Å². The fourth-order valence-corrected chi connectivity index (χ4v) is 4.59. The molecule has 2 heterocycles. The number of ether oxygens (including phenoxy) is 1. The average Bonchev–Trinajstić information content (AvgIpc) is 3.36. The number of nitrogens with zero attached hydrogens (tertiary/aromatic N) is 3. The maximum atomic E-state index is 13.6. The second-order valence-electron chi connectivity index (χ2n) is 8.78. The van der Waals surface area contributed by atoms with Crippen molar-refractivity contribution < 1.29 is 27.5 Å². The van der Waals surface area contributed by atoms with E-state index in [0.29, 0.717) is 31.8 Å². The zero-order valence-corrected chi connectivity index (χ0v) is 20.7. The molecular weight excluding hydrogens is 485 g/mol. The van der Waals surface area contributed by atoms with E-state index in [1.165, 1.54) is 17.0 Å². The van der Waals surface area contributed by atoms with Gasteiger partial charge < -0.3 is 24.4 Å². The summed E-state index contributed by atoms with van der Waals surface area (Å²) in [7, 11) is 1.58. The van der Waals surface area contributed by atoms with Crippen molar-refractivity contribution in [3.05, 3.63) is 83.7 Å². The quantitative estimate of drug-likeness (QED) is 0.460. The molecule has 0 saturated carbocycles. The number of carbonyl (C=O) groups is 2. The summed E-state index contributed by atoms with van der Waals surface area (Å²) >= 11 is 0. The van der Waals surface area contributed by atoms with Gasteiger partial charge in [0.15, 0.2) is 0 Å². The Hall–Kier alpha value is -3.95. The lowest BCUT2D eigenvalue weighted by Gasteiger charge is -2.38. The van der Waals surface area contributed by atoms with Crippen LogP contribution in [0, 0.1) is 0 Å². The molecule has 0 fully saturated rings. The van der Waals surface area contributed by atoms with Crippen molar-refractivity contribution in [2.45, 2.75) is 32.1 Å². The molecule has 1 N–H and O–H groups in total. The number of amides is 3. The molecule has 0 spiro atoms. The molecule has 0 radical (unpaired) electrons. The summed E-state index contributed by atoms with van der Waals surface area (Å²) in [6.45, 7) is 3.08. The minimum absolute atomic E-state index is 0.174. The van der Waals surface area contributed by atoms with Crippen LogP contribution in [0.25, 0.3) is 0 Å². The average molecular weight is 515 g/mol. The zero-order valence-electron chi connectivity index (χ0n) is 20.7. The van der Waals surface area contributed by atoms with Gasteiger partial charge in [-0.15, -0.1) is 0 Å². The highest BCUT2D eigenvalue weighted by molar-refractivity contribution is 5.92. The Labute approximate surface area is 213 Å². The normalized spacial score (nSPS) is 15.2. The number of rotatable bonds is 7. The zero-order chi connectivity index (χ0) is 26.6. The fraction of sp³-hybridized carbons (Fsp3) is 0.333. The highest BCUT2D eigenvalue weighted by Crippen LogP contribution is 2.37. The van der Waals surface area contributed by atoms with Gasteiger partial charge >= 0.3 is 12.2 Å². The number of urea groups is 1. The molecule has 1 aliphatic heterocycles. The number of halogens is 3. The Kier molecular flexibility index (Phi) is 7.75. The summed E-state index contributed by atoms with van der Waals surface area (Å²) in [5.41, 5.74) is 1.20. The molecular formula is C27H29F3N4O3. The number of methoxy groups -OCH3 is 1. The van der Waals surface area contributed by atoms with Gasteiger partial charge in [-0.05, 0) is 48.9 Å². The standard InChI is InChI=1S/C27H29F3N4O3/c1-3-14-33(26(36)31-20-12-10-19(11-13-20)27(28,29)30)18-24(35)34-17-16-32-15-6-8-22(32)25(34)21-7-4-5-9-23(21)37-2/h4-13,15,25H,3,14,16-18H2,1-2H3,(H,31,36)/t25-/m0/s1. The predicted molar refractivity (Wildman–Crippen MR) is 133 cm³/mol. The summed E-state index contributed by atoms with van der Waals surface area (Å²) in [6.07, 6.45) is -1.89. The van der Waals surface area contributed by atoms with E-state index in [1.54, 1.807) is 12.0 Å². The summed E-state index contributed by atoms with van der Waals surface area (Å²) in [5, 5.41) is 2.61. The van der Waals surface area contributed by atoms with Crippen molar-refractivity contribution in [2.24, 2.45) is 0 Å². The maximum absolute atomic E-state index is 13.6. The topological polar surface area (TPSA) is 66.8 Å². The number of carbonyl (C=O) groups excluding carboxylic acids is 2. The van der Waals surface area contributed by atoms with E-state index >= 15 is 0 Å². The number of alkyl halides is 3. The Morgan fingerprint density at radius 1 is 1.05 bits per heavy atom. The first-order chi connectivity index (χ1) is 17.7. The Balaban J connectivity index is 1.54. The third-order valence-corrected chi connectivity index (χ3v) is 6.36. The maximum Gasteiger partial charge on any atom is 0.416 e. The first-order valence-electron chi connectivity index (χ1n) is 12.0. The van der Waals surface area contributed by atoms with Crippen molar-refractivity contribution in [3.63, 3.8) is 0 Å². The molecule has 10 heteroatoms. The van der Waals surface area contributed by atoms with Crippen molar-refractivity contribution in [2.75, 3.05) is 32.1 Å². The van der Waals surface area contributed by atoms with Crippen LogP contribution in [0.15, 0.2) is 66.9 Å².